The molecule has 0 aliphatic carbocycles. The van der Waals surface area contributed by atoms with Crippen molar-refractivity contribution in [2.24, 2.45) is 0 Å². The molecule has 0 saturated carbocycles. The number of methoxy groups -OCH3 is 1. The minimum atomic E-state index is -2.64. The summed E-state index contributed by atoms with van der Waals surface area (Å²) in [6, 6.07) is 0. The van der Waals surface area contributed by atoms with E-state index >= 15 is 0 Å². The summed E-state index contributed by atoms with van der Waals surface area (Å²) in [5.41, 5.74) is -2.64. The fourth-order valence-electron chi connectivity index (χ4n) is 3.73. The van der Waals surface area contributed by atoms with Gasteiger partial charge in [-0.05, 0) is 18.2 Å². The molecule has 1 unspecified atom stereocenters. The number of carbonyl (C=O) groups excluding carboxylic acids is 1. The van der Waals surface area contributed by atoms with Crippen molar-refractivity contribution in [1.29, 1.82) is 0 Å². The third kappa shape index (κ3) is 25.9. The van der Waals surface area contributed by atoms with Crippen molar-refractivity contribution in [1.82, 2.24) is 0 Å². The molecule has 0 spiro atoms. The van der Waals surface area contributed by atoms with Crippen molar-refractivity contribution in [3.05, 3.63) is 0 Å². The average Bonchev–Trinajstić information content (AvgIpc) is 2.80. The molecule has 36 heavy (non-hydrogen) atoms. The van der Waals surface area contributed by atoms with Gasteiger partial charge in [0.2, 0.25) is 5.69 Å². The van der Waals surface area contributed by atoms with Crippen LogP contribution in [0.1, 0.15) is 110 Å². The van der Waals surface area contributed by atoms with Crippen molar-refractivity contribution < 1.29 is 27.8 Å². The smallest absolute Gasteiger partial charge is 0.305 e. The van der Waals surface area contributed by atoms with E-state index in [0.29, 0.717) is 13.0 Å². The van der Waals surface area contributed by atoms with E-state index in [9.17, 15) is 4.79 Å². The highest BCUT2D eigenvalue weighted by molar-refractivity contribution is 8.60. The van der Waals surface area contributed by atoms with E-state index in [0.717, 1.165) is 23.9 Å². The van der Waals surface area contributed by atoms with E-state index in [1.54, 1.807) is 7.11 Å². The van der Waals surface area contributed by atoms with Crippen LogP contribution in [0.2, 0.25) is 0 Å². The van der Waals surface area contributed by atoms with Crippen molar-refractivity contribution in [2.45, 2.75) is 116 Å². The van der Waals surface area contributed by atoms with Crippen LogP contribution in [-0.4, -0.2) is 71.2 Å². The summed E-state index contributed by atoms with van der Waals surface area (Å²) in [7, 11) is 7.82. The monoisotopic (exact) mass is 570 g/mol. The lowest BCUT2D eigenvalue weighted by molar-refractivity contribution is -0.870. The normalized spacial score (nSPS) is 14.5. The zero-order chi connectivity index (χ0) is 27.1. The number of hydrogen-bond acceptors (Lipinski definition) is 6. The molecule has 0 aromatic rings. The Kier molecular flexibility index (Phi) is 23.4. The largest absolute Gasteiger partial charge is 0.463 e. The summed E-state index contributed by atoms with van der Waals surface area (Å²) >= 11 is 9.71. The van der Waals surface area contributed by atoms with E-state index < -0.39 is 5.69 Å². The fraction of sp³-hybridized carbons (Fsp3) is 0.963. The average molecular weight is 571 g/mol. The number of rotatable bonds is 26. The van der Waals surface area contributed by atoms with Gasteiger partial charge in [0, 0.05) is 13.5 Å². The zero-order valence-electron chi connectivity index (χ0n) is 24.0. The predicted molar refractivity (Wildman–Crippen MR) is 159 cm³/mol. The van der Waals surface area contributed by atoms with Crippen LogP contribution in [0.15, 0.2) is 0 Å². The molecular weight excluding hydrogens is 513 g/mol. The topological polar surface area (TPSA) is 54.0 Å². The summed E-state index contributed by atoms with van der Waals surface area (Å²) in [4.78, 5) is 12.1. The number of ether oxygens (including phenoxy) is 2. The van der Waals surface area contributed by atoms with Crippen LogP contribution >= 0.6 is 17.9 Å². The van der Waals surface area contributed by atoms with E-state index in [1.807, 2.05) is 0 Å². The molecule has 6 nitrogen and oxygen atoms in total. The Hall–Kier alpha value is 0.310. The van der Waals surface area contributed by atoms with E-state index in [1.165, 1.54) is 83.5 Å². The highest BCUT2D eigenvalue weighted by Gasteiger charge is 2.20. The molecule has 0 N–H and O–H groups in total. The Morgan fingerprint density at radius 1 is 0.806 bits per heavy atom. The summed E-state index contributed by atoms with van der Waals surface area (Å²) < 4.78 is 22.8. The molecule has 0 aliphatic rings. The highest BCUT2D eigenvalue weighted by atomic mass is 32.9. The van der Waals surface area contributed by atoms with Crippen LogP contribution in [-0.2, 0) is 35.1 Å². The molecule has 9 heteroatoms. The lowest BCUT2D eigenvalue weighted by atomic mass is 10.0. The third-order valence-corrected chi connectivity index (χ3v) is 8.50. The minimum Gasteiger partial charge on any atom is -0.463 e. The summed E-state index contributed by atoms with van der Waals surface area (Å²) in [5, 5.41) is 0. The number of nitrogens with zero attached hydrogens (tertiary/aromatic N) is 1. The first kappa shape index (κ1) is 36.3. The molecule has 216 valence electrons. The number of unbranched alkanes of at least 4 members (excludes halogenated alkanes) is 14. The molecule has 0 radical (unpaired) electrons. The Labute approximate surface area is 233 Å². The third-order valence-electron chi connectivity index (χ3n) is 6.19. The quantitative estimate of drug-likeness (QED) is 0.0378. The van der Waals surface area contributed by atoms with E-state index in [-0.39, 0.29) is 25.3 Å². The molecule has 2 atom stereocenters. The summed E-state index contributed by atoms with van der Waals surface area (Å²) in [5.74, 6) is -0.184. The first-order chi connectivity index (χ1) is 17.1. The van der Waals surface area contributed by atoms with Gasteiger partial charge >= 0.3 is 5.97 Å². The van der Waals surface area contributed by atoms with Gasteiger partial charge in [0.25, 0.3) is 0 Å². The summed E-state index contributed by atoms with van der Waals surface area (Å²) in [6.45, 7) is 3.90. The molecule has 0 aromatic carbocycles. The van der Waals surface area contributed by atoms with Crippen LogP contribution in [0.5, 0.6) is 0 Å². The fourth-order valence-corrected chi connectivity index (χ4v) is 5.32. The minimum absolute atomic E-state index is 0.149. The van der Waals surface area contributed by atoms with Gasteiger partial charge in [0.15, 0.2) is 0 Å². The first-order valence-electron chi connectivity index (χ1n) is 14.2. The Balaban J connectivity index is 3.65. The molecule has 0 saturated heterocycles. The lowest BCUT2D eigenvalue weighted by Crippen LogP contribution is -2.37. The number of thiol groups is 1. The summed E-state index contributed by atoms with van der Waals surface area (Å²) in [6.07, 6.45) is 19.7. The second kappa shape index (κ2) is 23.2. The van der Waals surface area contributed by atoms with Crippen LogP contribution in [0, 0.1) is 0 Å². The standard InChI is InChI=1S/C27H56NO5PS2/c1-6-7-8-9-10-11-12-13-14-15-16-17-18-19-20-21-27(29)31-24-26(30-5)25-33-34(35,36)32-23-22-28(2,3)4/h26H,6-25H2,1-5H3/p+1/t26-/m1/s1. The molecule has 0 bridgehead atoms. The number of quaternary nitrogens is 1. The highest BCUT2D eigenvalue weighted by Crippen LogP contribution is 2.53. The van der Waals surface area contributed by atoms with Crippen LogP contribution in [0.4, 0.5) is 0 Å². The van der Waals surface area contributed by atoms with Gasteiger partial charge in [0.1, 0.15) is 25.9 Å². The Morgan fingerprint density at radius 3 is 1.72 bits per heavy atom. The van der Waals surface area contributed by atoms with Crippen LogP contribution in [0.25, 0.3) is 0 Å². The SMILES string of the molecule is CCCCCCCCCCCCCCCCCC(=O)OC[C@H](COP(=S)(S)OCC[N+](C)(C)C)OC. The second-order valence-corrected chi connectivity index (χ2v) is 16.1. The predicted octanol–water partition coefficient (Wildman–Crippen LogP) is 7.70. The molecule has 0 aromatic heterocycles. The van der Waals surface area contributed by atoms with Gasteiger partial charge in [0.05, 0.1) is 27.7 Å². The Bertz CT molecular complexity index is 575. The van der Waals surface area contributed by atoms with E-state index in [2.05, 4.69) is 40.3 Å². The molecule has 0 heterocycles. The number of carbonyl (C=O) groups is 1. The van der Waals surface area contributed by atoms with Gasteiger partial charge in [-0.25, -0.2) is 0 Å². The molecule has 0 amide bonds. The van der Waals surface area contributed by atoms with Gasteiger partial charge in [-0.1, -0.05) is 109 Å². The maximum absolute atomic E-state index is 12.1. The number of esters is 1. The van der Waals surface area contributed by atoms with Crippen molar-refractivity contribution in [3.8, 4) is 0 Å². The number of hydrogen-bond donors (Lipinski definition) is 1. The second-order valence-electron chi connectivity index (χ2n) is 10.9. The zero-order valence-corrected chi connectivity index (χ0v) is 26.6. The number of likely N-dealkylation sites (N-methyl/N-ethyl adjacent to an activating group) is 1. The Morgan fingerprint density at radius 2 is 1.28 bits per heavy atom. The van der Waals surface area contributed by atoms with Crippen LogP contribution in [0.3, 0.4) is 0 Å². The van der Waals surface area contributed by atoms with E-state index in [4.69, 9.17) is 30.3 Å². The van der Waals surface area contributed by atoms with Gasteiger partial charge in [-0.3, -0.25) is 4.79 Å². The molecule has 0 rings (SSSR count). The van der Waals surface area contributed by atoms with Crippen molar-refractivity contribution in [3.63, 3.8) is 0 Å². The first-order valence-corrected chi connectivity index (χ1v) is 18.0. The van der Waals surface area contributed by atoms with Gasteiger partial charge in [-0.15, -0.1) is 0 Å². The van der Waals surface area contributed by atoms with Crippen molar-refractivity contribution >= 4 is 35.7 Å². The maximum atomic E-state index is 12.1. The molecule has 0 aliphatic heterocycles. The van der Waals surface area contributed by atoms with Gasteiger partial charge in [-0.2, -0.15) is 0 Å². The maximum Gasteiger partial charge on any atom is 0.305 e. The van der Waals surface area contributed by atoms with Crippen LogP contribution < -0.4 is 0 Å². The van der Waals surface area contributed by atoms with Gasteiger partial charge < -0.3 is 23.0 Å². The lowest BCUT2D eigenvalue weighted by Gasteiger charge is -2.25. The molecule has 0 fully saturated rings. The van der Waals surface area contributed by atoms with Crippen molar-refractivity contribution in [2.75, 3.05) is 54.6 Å². The molecular formula is C27H57NO5PS2+.